The van der Waals surface area contributed by atoms with Crippen molar-refractivity contribution in [1.82, 2.24) is 25.3 Å². The number of carboxylic acid groups (broad SMARTS) is 2. The SMILES string of the molecule is CN(Cc1cnc2nc(NC[C@]3(O)OC[C@H](O)[C@@H](O[C@@H]4O[C@H](CO)[C@H](O)[C@H](O)[C@H]4O)[C@@H]3O)nc(N)c2n1)c1ccc(C(=O)N[C@@H](CCC(=O)O)C(=O)O)cc1. The number of carbonyl (C=O) groups is 3. The zero-order valence-corrected chi connectivity index (χ0v) is 29.1. The molecule has 3 aromatic rings. The molecule has 1 aromatic carbocycles. The molecule has 0 radical (unpaired) electrons. The number of aromatic nitrogens is 4. The van der Waals surface area contributed by atoms with Gasteiger partial charge in [0, 0.05) is 24.7 Å². The maximum atomic E-state index is 12.6. The monoisotopic (exact) mass is 778 g/mol. The predicted molar refractivity (Wildman–Crippen MR) is 184 cm³/mol. The summed E-state index contributed by atoms with van der Waals surface area (Å²) in [6.45, 7) is -1.66. The Morgan fingerprint density at radius 2 is 1.76 bits per heavy atom. The summed E-state index contributed by atoms with van der Waals surface area (Å²) >= 11 is 0. The number of carbonyl (C=O) groups excluding carboxylic acids is 1. The molecule has 13 N–H and O–H groups in total. The van der Waals surface area contributed by atoms with Crippen molar-refractivity contribution < 1.29 is 74.6 Å². The smallest absolute Gasteiger partial charge is 0.326 e. The summed E-state index contributed by atoms with van der Waals surface area (Å²) in [5.41, 5.74) is 7.64. The number of fused-ring (bicyclic) bond motifs is 1. The Labute approximate surface area is 311 Å². The molecule has 0 unspecified atom stereocenters. The van der Waals surface area contributed by atoms with Crippen LogP contribution in [0.3, 0.4) is 0 Å². The summed E-state index contributed by atoms with van der Waals surface area (Å²) in [6, 6.07) is 4.83. The first-order chi connectivity index (χ1) is 26.0. The molecule has 23 nitrogen and oxygen atoms in total. The van der Waals surface area contributed by atoms with E-state index in [0.717, 1.165) is 0 Å². The highest BCUT2D eigenvalue weighted by molar-refractivity contribution is 5.97. The number of rotatable bonds is 15. The number of aliphatic hydroxyl groups is 7. The van der Waals surface area contributed by atoms with Crippen LogP contribution in [-0.4, -0.2) is 171 Å². The van der Waals surface area contributed by atoms with Crippen LogP contribution in [0.1, 0.15) is 28.9 Å². The Kier molecular flexibility index (Phi) is 12.9. The number of nitrogen functional groups attached to an aromatic ring is 1. The number of anilines is 3. The molecule has 1 amide bonds. The number of nitrogens with one attached hydrogen (secondary N) is 2. The first kappa shape index (κ1) is 41.2. The molecule has 4 heterocycles. The van der Waals surface area contributed by atoms with Gasteiger partial charge in [0.1, 0.15) is 48.8 Å². The molecule has 300 valence electrons. The molecular weight excluding hydrogens is 736 g/mol. The number of nitrogens with two attached hydrogens (primary N) is 1. The Morgan fingerprint density at radius 1 is 1.05 bits per heavy atom. The molecule has 2 aliphatic rings. The number of amides is 1. The molecule has 23 heteroatoms. The van der Waals surface area contributed by atoms with Crippen LogP contribution in [0.2, 0.25) is 0 Å². The molecular formula is C32H42N8O15. The van der Waals surface area contributed by atoms with Crippen LogP contribution in [0.15, 0.2) is 30.5 Å². The van der Waals surface area contributed by atoms with Gasteiger partial charge in [-0.25, -0.2) is 14.8 Å². The van der Waals surface area contributed by atoms with Gasteiger partial charge in [0.15, 0.2) is 23.3 Å². The highest BCUT2D eigenvalue weighted by Gasteiger charge is 2.53. The largest absolute Gasteiger partial charge is 0.481 e. The molecule has 55 heavy (non-hydrogen) atoms. The number of ether oxygens (including phenoxy) is 3. The highest BCUT2D eigenvalue weighted by Crippen LogP contribution is 2.31. The van der Waals surface area contributed by atoms with Crippen molar-refractivity contribution in [3.05, 3.63) is 41.7 Å². The summed E-state index contributed by atoms with van der Waals surface area (Å²) in [6.07, 6.45) is -12.8. The third-order valence-corrected chi connectivity index (χ3v) is 9.00. The Bertz CT molecular complexity index is 1840. The molecule has 0 saturated carbocycles. The predicted octanol–water partition coefficient (Wildman–Crippen LogP) is -4.28. The summed E-state index contributed by atoms with van der Waals surface area (Å²) in [7, 11) is 1.74. The lowest BCUT2D eigenvalue weighted by Gasteiger charge is -2.46. The summed E-state index contributed by atoms with van der Waals surface area (Å²) < 4.78 is 16.1. The lowest BCUT2D eigenvalue weighted by atomic mass is 9.95. The third-order valence-electron chi connectivity index (χ3n) is 9.00. The summed E-state index contributed by atoms with van der Waals surface area (Å²) in [5, 5.41) is 95.6. The second-order valence-electron chi connectivity index (χ2n) is 13.0. The van der Waals surface area contributed by atoms with E-state index in [2.05, 4.69) is 30.6 Å². The number of aliphatic carboxylic acids is 2. The van der Waals surface area contributed by atoms with Crippen LogP contribution in [0, 0.1) is 0 Å². The zero-order chi connectivity index (χ0) is 40.2. The first-order valence-corrected chi connectivity index (χ1v) is 16.8. The molecule has 5 rings (SSSR count). The van der Waals surface area contributed by atoms with Gasteiger partial charge in [0.05, 0.1) is 38.2 Å². The van der Waals surface area contributed by atoms with Crippen molar-refractivity contribution in [1.29, 1.82) is 0 Å². The Balaban J connectivity index is 1.20. The van der Waals surface area contributed by atoms with Crippen molar-refractivity contribution in [3.8, 4) is 0 Å². The van der Waals surface area contributed by atoms with Gasteiger partial charge >= 0.3 is 11.9 Å². The van der Waals surface area contributed by atoms with E-state index in [-0.39, 0.29) is 41.5 Å². The number of hydrogen-bond donors (Lipinski definition) is 12. The minimum atomic E-state index is -2.43. The zero-order valence-electron chi connectivity index (χ0n) is 29.1. The fraction of sp³-hybridized carbons (Fsp3) is 0.531. The van der Waals surface area contributed by atoms with Crippen molar-refractivity contribution in [2.75, 3.05) is 42.8 Å². The minimum absolute atomic E-state index is 0.0659. The third kappa shape index (κ3) is 9.48. The van der Waals surface area contributed by atoms with E-state index in [0.29, 0.717) is 11.4 Å². The molecule has 0 bridgehead atoms. The summed E-state index contributed by atoms with van der Waals surface area (Å²) in [5.74, 6) is -5.90. The van der Waals surface area contributed by atoms with Gasteiger partial charge in [-0.05, 0) is 30.7 Å². The van der Waals surface area contributed by atoms with E-state index in [1.54, 1.807) is 24.1 Å². The van der Waals surface area contributed by atoms with E-state index >= 15 is 0 Å². The molecule has 2 saturated heterocycles. The van der Waals surface area contributed by atoms with Crippen LogP contribution in [0.5, 0.6) is 0 Å². The fourth-order valence-electron chi connectivity index (χ4n) is 5.83. The fourth-order valence-corrected chi connectivity index (χ4v) is 5.83. The maximum absolute atomic E-state index is 12.6. The topological polar surface area (TPSA) is 366 Å². The Hall–Kier alpha value is -4.95. The van der Waals surface area contributed by atoms with Gasteiger partial charge in [-0.1, -0.05) is 0 Å². The second kappa shape index (κ2) is 17.2. The maximum Gasteiger partial charge on any atom is 0.326 e. The average Bonchev–Trinajstić information content (AvgIpc) is 3.15. The first-order valence-electron chi connectivity index (χ1n) is 16.8. The molecule has 2 fully saturated rings. The second-order valence-corrected chi connectivity index (χ2v) is 13.0. The van der Waals surface area contributed by atoms with Crippen molar-refractivity contribution in [2.24, 2.45) is 0 Å². The van der Waals surface area contributed by atoms with Gasteiger partial charge in [0.2, 0.25) is 11.7 Å². The molecule has 2 aliphatic heterocycles. The van der Waals surface area contributed by atoms with E-state index in [4.69, 9.17) is 25.1 Å². The van der Waals surface area contributed by atoms with E-state index in [1.165, 1.54) is 18.3 Å². The number of nitrogens with zero attached hydrogens (tertiary/aromatic N) is 5. The van der Waals surface area contributed by atoms with E-state index < -0.39 is 105 Å². The average molecular weight is 779 g/mol. The van der Waals surface area contributed by atoms with Crippen molar-refractivity contribution in [3.63, 3.8) is 0 Å². The normalized spacial score (nSPS) is 28.7. The minimum Gasteiger partial charge on any atom is -0.481 e. The molecule has 10 atom stereocenters. The van der Waals surface area contributed by atoms with E-state index in [1.807, 2.05) is 0 Å². The summed E-state index contributed by atoms with van der Waals surface area (Å²) in [4.78, 5) is 53.8. The van der Waals surface area contributed by atoms with Gasteiger partial charge in [-0.2, -0.15) is 9.97 Å². The van der Waals surface area contributed by atoms with Crippen LogP contribution in [0.4, 0.5) is 17.5 Å². The van der Waals surface area contributed by atoms with Crippen molar-refractivity contribution >= 4 is 46.5 Å². The van der Waals surface area contributed by atoms with Gasteiger partial charge in [0.25, 0.3) is 5.91 Å². The van der Waals surface area contributed by atoms with Crippen LogP contribution >= 0.6 is 0 Å². The molecule has 0 spiro atoms. The van der Waals surface area contributed by atoms with E-state index in [9.17, 15) is 55.2 Å². The van der Waals surface area contributed by atoms with Crippen LogP contribution < -0.4 is 21.3 Å². The lowest BCUT2D eigenvalue weighted by molar-refractivity contribution is -0.365. The number of benzene rings is 1. The highest BCUT2D eigenvalue weighted by atomic mass is 16.7. The number of carboxylic acids is 2. The molecule has 2 aromatic heterocycles. The van der Waals surface area contributed by atoms with Crippen molar-refractivity contribution in [2.45, 2.75) is 80.2 Å². The van der Waals surface area contributed by atoms with Crippen LogP contribution in [-0.2, 0) is 30.3 Å². The number of hydrogen-bond acceptors (Lipinski definition) is 20. The van der Waals surface area contributed by atoms with Gasteiger partial charge in [-0.15, -0.1) is 0 Å². The van der Waals surface area contributed by atoms with Crippen LogP contribution in [0.25, 0.3) is 11.2 Å². The lowest BCUT2D eigenvalue weighted by Crippen LogP contribution is -2.67. The molecule has 0 aliphatic carbocycles. The van der Waals surface area contributed by atoms with Gasteiger partial charge < -0.3 is 81.4 Å². The Morgan fingerprint density at radius 3 is 2.42 bits per heavy atom. The number of aliphatic hydroxyl groups excluding tert-OH is 6. The quantitative estimate of drug-likeness (QED) is 0.0694. The standard InChI is InChI=1S/C32H42N8O15/c1-40(15-4-2-13(3-5-15)28(49)37-16(29(50)51)6-7-19(43)44)9-14-8-34-27-20(36-14)26(33)38-31(39-27)35-12-32(52)25(48)24(17(42)11-53-32)55-30-23(47)22(46)21(45)18(10-41)54-30/h2-5,8,16-18,21-25,30,41-42,45-48,52H,6-7,9-12H2,1H3,(H,37,49)(H,43,44)(H,50,51)(H3,33,34,35,38,39)/t16-,17-,18+,21-,22-,23+,24+,25-,30-,32-/m0/s1. The van der Waals surface area contributed by atoms with Gasteiger partial charge in [-0.3, -0.25) is 9.59 Å².